The van der Waals surface area contributed by atoms with Crippen LogP contribution in [0.1, 0.15) is 17.0 Å². The molecule has 0 aliphatic heterocycles. The fourth-order valence-electron chi connectivity index (χ4n) is 1.69. The normalized spacial score (nSPS) is 10.8. The van der Waals surface area contributed by atoms with Crippen LogP contribution in [0.15, 0.2) is 28.7 Å². The topological polar surface area (TPSA) is 17.8 Å². The number of hydrogen-bond donors (Lipinski definition) is 0. The highest BCUT2D eigenvalue weighted by Gasteiger charge is 2.12. The summed E-state index contributed by atoms with van der Waals surface area (Å²) in [5.74, 6) is 0.492. The second-order valence-corrected chi connectivity index (χ2v) is 4.72. The molecule has 1 aromatic heterocycles. The summed E-state index contributed by atoms with van der Waals surface area (Å²) in [5, 5.41) is 4.50. The number of benzene rings is 1. The fraction of sp³-hybridized carbons (Fsp3) is 0.250. The van der Waals surface area contributed by atoms with Crippen molar-refractivity contribution in [2.24, 2.45) is 0 Å². The molecule has 0 saturated carbocycles. The lowest BCUT2D eigenvalue weighted by Crippen LogP contribution is -2.02. The number of hydrogen-bond acceptors (Lipinski definition) is 1. The van der Waals surface area contributed by atoms with E-state index in [1.165, 1.54) is 0 Å². The van der Waals surface area contributed by atoms with Gasteiger partial charge in [-0.05, 0) is 41.4 Å². The number of alkyl halides is 1. The van der Waals surface area contributed by atoms with E-state index in [-0.39, 0.29) is 0 Å². The molecule has 0 atom stereocenters. The summed E-state index contributed by atoms with van der Waals surface area (Å²) in [4.78, 5) is 0. The fourth-order valence-corrected chi connectivity index (χ4v) is 2.16. The minimum Gasteiger partial charge on any atom is -0.236 e. The summed E-state index contributed by atoms with van der Waals surface area (Å²) in [7, 11) is 0. The first-order valence-electron chi connectivity index (χ1n) is 5.01. The number of nitrogens with zero attached hydrogens (tertiary/aromatic N) is 2. The Morgan fingerprint density at radius 1 is 1.31 bits per heavy atom. The van der Waals surface area contributed by atoms with Gasteiger partial charge in [-0.15, -0.1) is 11.6 Å². The summed E-state index contributed by atoms with van der Waals surface area (Å²) < 4.78 is 2.98. The molecule has 1 aromatic carbocycles. The molecule has 2 aromatic rings. The molecule has 0 spiro atoms. The minimum absolute atomic E-state index is 0.492. The van der Waals surface area contributed by atoms with Gasteiger partial charge in [0.1, 0.15) is 0 Å². The van der Waals surface area contributed by atoms with Gasteiger partial charge >= 0.3 is 0 Å². The van der Waals surface area contributed by atoms with Crippen molar-refractivity contribution in [2.45, 2.75) is 19.7 Å². The molecule has 4 heteroatoms. The summed E-state index contributed by atoms with van der Waals surface area (Å²) >= 11 is 9.46. The van der Waals surface area contributed by atoms with Gasteiger partial charge in [0.15, 0.2) is 0 Å². The first kappa shape index (κ1) is 11.7. The van der Waals surface area contributed by atoms with Crippen molar-refractivity contribution in [3.63, 3.8) is 0 Å². The zero-order valence-electron chi connectivity index (χ0n) is 9.17. The molecule has 2 nitrogen and oxygen atoms in total. The molecule has 1 heterocycles. The molecule has 0 aliphatic carbocycles. The Bertz CT molecular complexity index is 520. The monoisotopic (exact) mass is 298 g/mol. The van der Waals surface area contributed by atoms with E-state index in [4.69, 9.17) is 11.6 Å². The Hall–Kier alpha value is -0.800. The number of rotatable bonds is 2. The van der Waals surface area contributed by atoms with Gasteiger partial charge in [-0.2, -0.15) is 5.10 Å². The third kappa shape index (κ3) is 1.89. The molecule has 84 valence electrons. The van der Waals surface area contributed by atoms with Gasteiger partial charge in [0, 0.05) is 5.88 Å². The maximum absolute atomic E-state index is 5.93. The number of aryl methyl sites for hydroxylation is 1. The molecule has 2 rings (SSSR count). The quantitative estimate of drug-likeness (QED) is 0.767. The standard InChI is InChI=1S/C12H12BrClN2/c1-8-12(13)9(2)16(15-8)11-6-4-3-5-10(11)7-14/h3-6H,7H2,1-2H3. The van der Waals surface area contributed by atoms with E-state index in [1.54, 1.807) is 0 Å². The molecule has 0 fully saturated rings. The Balaban J connectivity index is 2.63. The van der Waals surface area contributed by atoms with E-state index in [0.29, 0.717) is 5.88 Å². The molecule has 0 aliphatic rings. The molecule has 0 amide bonds. The average Bonchev–Trinajstić information content (AvgIpc) is 2.57. The molecule has 0 unspecified atom stereocenters. The van der Waals surface area contributed by atoms with Crippen LogP contribution in [0, 0.1) is 13.8 Å². The van der Waals surface area contributed by atoms with Crippen LogP contribution < -0.4 is 0 Å². The highest BCUT2D eigenvalue weighted by molar-refractivity contribution is 9.10. The van der Waals surface area contributed by atoms with Crippen molar-refractivity contribution >= 4 is 27.5 Å². The lowest BCUT2D eigenvalue weighted by atomic mass is 10.2. The zero-order valence-corrected chi connectivity index (χ0v) is 11.5. The van der Waals surface area contributed by atoms with Crippen LogP contribution >= 0.6 is 27.5 Å². The smallest absolute Gasteiger partial charge is 0.0743 e. The largest absolute Gasteiger partial charge is 0.236 e. The third-order valence-electron chi connectivity index (χ3n) is 2.57. The van der Waals surface area contributed by atoms with E-state index in [2.05, 4.69) is 21.0 Å². The van der Waals surface area contributed by atoms with Crippen LogP contribution in [0.4, 0.5) is 0 Å². The van der Waals surface area contributed by atoms with Crippen LogP contribution in [-0.4, -0.2) is 9.78 Å². The number of para-hydroxylation sites is 1. The second kappa shape index (κ2) is 4.60. The first-order chi connectivity index (χ1) is 7.65. The van der Waals surface area contributed by atoms with Gasteiger partial charge in [-0.3, -0.25) is 0 Å². The highest BCUT2D eigenvalue weighted by atomic mass is 79.9. The molecular weight excluding hydrogens is 288 g/mol. The van der Waals surface area contributed by atoms with Crippen LogP contribution in [0.2, 0.25) is 0 Å². The van der Waals surface area contributed by atoms with Gasteiger partial charge in [0.05, 0.1) is 21.5 Å². The van der Waals surface area contributed by atoms with Gasteiger partial charge in [0.2, 0.25) is 0 Å². The maximum Gasteiger partial charge on any atom is 0.0743 e. The maximum atomic E-state index is 5.93. The minimum atomic E-state index is 0.492. The summed E-state index contributed by atoms with van der Waals surface area (Å²) in [6.45, 7) is 4.02. The Labute approximate surface area is 108 Å². The first-order valence-corrected chi connectivity index (χ1v) is 6.34. The van der Waals surface area contributed by atoms with E-state index in [0.717, 1.165) is 27.1 Å². The van der Waals surface area contributed by atoms with Crippen LogP contribution in [0.25, 0.3) is 5.69 Å². The second-order valence-electron chi connectivity index (χ2n) is 3.66. The Morgan fingerprint density at radius 2 is 2.00 bits per heavy atom. The Morgan fingerprint density at radius 3 is 2.56 bits per heavy atom. The van der Waals surface area contributed by atoms with Crippen LogP contribution in [-0.2, 0) is 5.88 Å². The average molecular weight is 300 g/mol. The van der Waals surface area contributed by atoms with Crippen molar-refractivity contribution in [1.29, 1.82) is 0 Å². The van der Waals surface area contributed by atoms with Gasteiger partial charge in [-0.25, -0.2) is 4.68 Å². The highest BCUT2D eigenvalue weighted by Crippen LogP contribution is 2.25. The van der Waals surface area contributed by atoms with Crippen molar-refractivity contribution in [3.8, 4) is 5.69 Å². The molecule has 0 saturated heterocycles. The van der Waals surface area contributed by atoms with E-state index in [9.17, 15) is 0 Å². The lowest BCUT2D eigenvalue weighted by Gasteiger charge is -2.08. The van der Waals surface area contributed by atoms with Crippen LogP contribution in [0.5, 0.6) is 0 Å². The molecule has 0 bridgehead atoms. The number of aromatic nitrogens is 2. The SMILES string of the molecule is Cc1nn(-c2ccccc2CCl)c(C)c1Br. The molecule has 16 heavy (non-hydrogen) atoms. The summed E-state index contributed by atoms with van der Waals surface area (Å²) in [6.07, 6.45) is 0. The lowest BCUT2D eigenvalue weighted by molar-refractivity contribution is 0.826. The van der Waals surface area contributed by atoms with Crippen molar-refractivity contribution in [1.82, 2.24) is 9.78 Å². The third-order valence-corrected chi connectivity index (χ3v) is 4.00. The van der Waals surface area contributed by atoms with Gasteiger partial charge in [0.25, 0.3) is 0 Å². The molecule has 0 N–H and O–H groups in total. The van der Waals surface area contributed by atoms with E-state index in [1.807, 2.05) is 42.8 Å². The van der Waals surface area contributed by atoms with Crippen molar-refractivity contribution in [3.05, 3.63) is 45.7 Å². The zero-order chi connectivity index (χ0) is 11.7. The van der Waals surface area contributed by atoms with E-state index >= 15 is 0 Å². The van der Waals surface area contributed by atoms with Crippen LogP contribution in [0.3, 0.4) is 0 Å². The van der Waals surface area contributed by atoms with Crippen molar-refractivity contribution < 1.29 is 0 Å². The summed E-state index contributed by atoms with van der Waals surface area (Å²) in [6, 6.07) is 8.04. The van der Waals surface area contributed by atoms with Crippen molar-refractivity contribution in [2.75, 3.05) is 0 Å². The predicted molar refractivity (Wildman–Crippen MR) is 70.3 cm³/mol. The van der Waals surface area contributed by atoms with E-state index < -0.39 is 0 Å². The number of halogens is 2. The molecular formula is C12H12BrClN2. The Kier molecular flexibility index (Phi) is 3.36. The predicted octanol–water partition coefficient (Wildman–Crippen LogP) is 3.99. The molecule has 0 radical (unpaired) electrons. The van der Waals surface area contributed by atoms with Gasteiger partial charge in [-0.1, -0.05) is 18.2 Å². The van der Waals surface area contributed by atoms with Gasteiger partial charge < -0.3 is 0 Å². The summed E-state index contributed by atoms with van der Waals surface area (Å²) in [5.41, 5.74) is 4.21.